The first-order valence-electron chi connectivity index (χ1n) is 7.52. The lowest BCUT2D eigenvalue weighted by Gasteiger charge is -2.47. The van der Waals surface area contributed by atoms with Gasteiger partial charge in [0.2, 0.25) is 0 Å². The molecule has 2 fully saturated rings. The normalized spacial score (nSPS) is 25.7. The van der Waals surface area contributed by atoms with Crippen LogP contribution in [0.2, 0.25) is 0 Å². The number of hydrogen-bond donors (Lipinski definition) is 1. The van der Waals surface area contributed by atoms with Crippen molar-refractivity contribution >= 4 is 12.1 Å². The standard InChI is InChI=1S/C15H25NO5/c1-14(2,3)21-13(19)16-7-4-15(5-8-20-9-6-15)11(10-16)12(17)18/h11H,4-10H2,1-3H3,(H,17,18). The summed E-state index contributed by atoms with van der Waals surface area (Å²) in [6.45, 7) is 7.42. The van der Waals surface area contributed by atoms with E-state index in [1.807, 2.05) is 20.8 Å². The molecule has 1 spiro atoms. The van der Waals surface area contributed by atoms with Crippen LogP contribution < -0.4 is 0 Å². The van der Waals surface area contributed by atoms with Crippen LogP contribution in [0.1, 0.15) is 40.0 Å². The molecule has 2 rings (SSSR count). The number of amides is 1. The number of aliphatic carboxylic acids is 1. The van der Waals surface area contributed by atoms with E-state index >= 15 is 0 Å². The Morgan fingerprint density at radius 2 is 1.86 bits per heavy atom. The smallest absolute Gasteiger partial charge is 0.410 e. The van der Waals surface area contributed by atoms with Crippen molar-refractivity contribution in [1.29, 1.82) is 0 Å². The maximum absolute atomic E-state index is 12.1. The van der Waals surface area contributed by atoms with Crippen molar-refractivity contribution < 1.29 is 24.2 Å². The summed E-state index contributed by atoms with van der Waals surface area (Å²) in [6, 6.07) is 0. The van der Waals surface area contributed by atoms with Crippen molar-refractivity contribution in [3.8, 4) is 0 Å². The van der Waals surface area contributed by atoms with Gasteiger partial charge in [-0.3, -0.25) is 4.79 Å². The highest BCUT2D eigenvalue weighted by molar-refractivity contribution is 5.74. The molecule has 0 bridgehead atoms. The summed E-state index contributed by atoms with van der Waals surface area (Å²) in [5.41, 5.74) is -0.799. The molecule has 0 radical (unpaired) electrons. The van der Waals surface area contributed by atoms with Crippen LogP contribution in [-0.2, 0) is 14.3 Å². The number of ether oxygens (including phenoxy) is 2. The van der Waals surface area contributed by atoms with Crippen LogP contribution in [-0.4, -0.2) is 54.0 Å². The Bertz CT molecular complexity index is 409. The van der Waals surface area contributed by atoms with E-state index in [-0.39, 0.29) is 12.0 Å². The Balaban J connectivity index is 2.08. The zero-order valence-electron chi connectivity index (χ0n) is 13.1. The van der Waals surface area contributed by atoms with Crippen LogP contribution in [0, 0.1) is 11.3 Å². The number of carboxylic acid groups (broad SMARTS) is 1. The zero-order valence-corrected chi connectivity index (χ0v) is 13.1. The van der Waals surface area contributed by atoms with E-state index in [1.54, 1.807) is 0 Å². The number of piperidine rings is 1. The highest BCUT2D eigenvalue weighted by Gasteiger charge is 2.48. The minimum atomic E-state index is -0.829. The van der Waals surface area contributed by atoms with Gasteiger partial charge in [0.15, 0.2) is 0 Å². The highest BCUT2D eigenvalue weighted by atomic mass is 16.6. The number of carbonyl (C=O) groups is 2. The number of likely N-dealkylation sites (tertiary alicyclic amines) is 1. The molecule has 1 N–H and O–H groups in total. The van der Waals surface area contributed by atoms with E-state index in [9.17, 15) is 14.7 Å². The molecular formula is C15H25NO5. The predicted octanol–water partition coefficient (Wildman–Crippen LogP) is 2.12. The number of carbonyl (C=O) groups excluding carboxylic acids is 1. The molecule has 2 aliphatic heterocycles. The summed E-state index contributed by atoms with van der Waals surface area (Å²) in [4.78, 5) is 25.3. The predicted molar refractivity (Wildman–Crippen MR) is 76.0 cm³/mol. The van der Waals surface area contributed by atoms with Gasteiger partial charge in [-0.05, 0) is 45.4 Å². The van der Waals surface area contributed by atoms with E-state index in [0.29, 0.717) is 26.2 Å². The molecule has 1 amide bonds. The third-order valence-corrected chi connectivity index (χ3v) is 4.46. The molecule has 120 valence electrons. The van der Waals surface area contributed by atoms with Crippen molar-refractivity contribution in [1.82, 2.24) is 4.90 Å². The molecule has 0 aliphatic carbocycles. The van der Waals surface area contributed by atoms with Gasteiger partial charge in [0.25, 0.3) is 0 Å². The number of hydrogen-bond acceptors (Lipinski definition) is 4. The number of rotatable bonds is 1. The van der Waals surface area contributed by atoms with Gasteiger partial charge >= 0.3 is 12.1 Å². The van der Waals surface area contributed by atoms with Crippen LogP contribution in [0.3, 0.4) is 0 Å². The third kappa shape index (κ3) is 3.67. The Kier molecular flexibility index (Phi) is 4.46. The SMILES string of the molecule is CC(C)(C)OC(=O)N1CCC2(CCOCC2)C(C(=O)O)C1. The Morgan fingerprint density at radius 1 is 1.24 bits per heavy atom. The second-order valence-electron chi connectivity index (χ2n) is 7.04. The lowest BCUT2D eigenvalue weighted by molar-refractivity contribution is -0.155. The van der Waals surface area contributed by atoms with Crippen molar-refractivity contribution in [3.05, 3.63) is 0 Å². The van der Waals surface area contributed by atoms with E-state index in [4.69, 9.17) is 9.47 Å². The zero-order chi connectivity index (χ0) is 15.7. The number of carboxylic acids is 1. The molecule has 2 aliphatic rings. The quantitative estimate of drug-likeness (QED) is 0.802. The van der Waals surface area contributed by atoms with E-state index in [0.717, 1.165) is 12.8 Å². The molecule has 6 heteroatoms. The fraction of sp³-hybridized carbons (Fsp3) is 0.867. The van der Waals surface area contributed by atoms with Crippen LogP contribution in [0.15, 0.2) is 0 Å². The maximum atomic E-state index is 12.1. The van der Waals surface area contributed by atoms with Gasteiger partial charge < -0.3 is 19.5 Å². The van der Waals surface area contributed by atoms with Crippen LogP contribution in [0.4, 0.5) is 4.79 Å². The monoisotopic (exact) mass is 299 g/mol. The molecule has 0 saturated carbocycles. The summed E-state index contributed by atoms with van der Waals surface area (Å²) in [5.74, 6) is -1.37. The molecule has 21 heavy (non-hydrogen) atoms. The largest absolute Gasteiger partial charge is 0.481 e. The van der Waals surface area contributed by atoms with Gasteiger partial charge in [-0.25, -0.2) is 4.79 Å². The summed E-state index contributed by atoms with van der Waals surface area (Å²) in [6.07, 6.45) is 1.79. The van der Waals surface area contributed by atoms with E-state index < -0.39 is 23.6 Å². The lowest BCUT2D eigenvalue weighted by atomic mass is 9.65. The Labute approximate surface area is 125 Å². The molecule has 0 aromatic heterocycles. The van der Waals surface area contributed by atoms with Gasteiger partial charge in [-0.15, -0.1) is 0 Å². The highest BCUT2D eigenvalue weighted by Crippen LogP contribution is 2.45. The maximum Gasteiger partial charge on any atom is 0.410 e. The first-order chi connectivity index (χ1) is 9.73. The average molecular weight is 299 g/mol. The summed E-state index contributed by atoms with van der Waals surface area (Å²) >= 11 is 0. The second kappa shape index (κ2) is 5.83. The van der Waals surface area contributed by atoms with Crippen molar-refractivity contribution in [3.63, 3.8) is 0 Å². The third-order valence-electron chi connectivity index (χ3n) is 4.46. The fourth-order valence-electron chi connectivity index (χ4n) is 3.25. The summed E-state index contributed by atoms with van der Waals surface area (Å²) < 4.78 is 10.7. The van der Waals surface area contributed by atoms with E-state index in [1.165, 1.54) is 4.90 Å². The van der Waals surface area contributed by atoms with Gasteiger partial charge in [-0.2, -0.15) is 0 Å². The summed E-state index contributed by atoms with van der Waals surface area (Å²) in [7, 11) is 0. The topological polar surface area (TPSA) is 76.1 Å². The molecule has 6 nitrogen and oxygen atoms in total. The van der Waals surface area contributed by atoms with Crippen LogP contribution in [0.25, 0.3) is 0 Å². The fourth-order valence-corrected chi connectivity index (χ4v) is 3.25. The lowest BCUT2D eigenvalue weighted by Crippen LogP contribution is -2.54. The second-order valence-corrected chi connectivity index (χ2v) is 7.04. The molecule has 0 aromatic rings. The van der Waals surface area contributed by atoms with E-state index in [2.05, 4.69) is 0 Å². The molecule has 2 heterocycles. The molecule has 0 aromatic carbocycles. The molecule has 2 saturated heterocycles. The minimum Gasteiger partial charge on any atom is -0.481 e. The summed E-state index contributed by atoms with van der Waals surface area (Å²) in [5, 5.41) is 9.57. The molecular weight excluding hydrogens is 274 g/mol. The van der Waals surface area contributed by atoms with Gasteiger partial charge in [0.1, 0.15) is 5.60 Å². The van der Waals surface area contributed by atoms with Gasteiger partial charge in [0.05, 0.1) is 5.92 Å². The van der Waals surface area contributed by atoms with Gasteiger partial charge in [-0.1, -0.05) is 0 Å². The molecule has 1 unspecified atom stereocenters. The van der Waals surface area contributed by atoms with Crippen LogP contribution >= 0.6 is 0 Å². The van der Waals surface area contributed by atoms with Crippen LogP contribution in [0.5, 0.6) is 0 Å². The minimum absolute atomic E-state index is 0.226. The Morgan fingerprint density at radius 3 is 2.38 bits per heavy atom. The number of nitrogens with zero attached hydrogens (tertiary/aromatic N) is 1. The van der Waals surface area contributed by atoms with Crippen molar-refractivity contribution in [2.75, 3.05) is 26.3 Å². The Hall–Kier alpha value is -1.30. The van der Waals surface area contributed by atoms with Crippen molar-refractivity contribution in [2.45, 2.75) is 45.6 Å². The molecule has 1 atom stereocenters. The first kappa shape index (κ1) is 16.1. The van der Waals surface area contributed by atoms with Crippen molar-refractivity contribution in [2.24, 2.45) is 11.3 Å². The first-order valence-corrected chi connectivity index (χ1v) is 7.52. The average Bonchev–Trinajstić information content (AvgIpc) is 2.37. The van der Waals surface area contributed by atoms with Gasteiger partial charge in [0, 0.05) is 26.3 Å².